The Morgan fingerprint density at radius 3 is 2.18 bits per heavy atom. The third-order valence-electron chi connectivity index (χ3n) is 1.14. The van der Waals surface area contributed by atoms with E-state index in [-0.39, 0.29) is 0 Å². The molecule has 62 valence electrons. The molecule has 1 nitrogen and oxygen atoms in total. The van der Waals surface area contributed by atoms with Gasteiger partial charge in [0, 0.05) is 10.9 Å². The number of para-hydroxylation sites is 1. The van der Waals surface area contributed by atoms with Crippen molar-refractivity contribution in [3.8, 4) is 5.75 Å². The number of halogens is 1. The standard InChI is InChI=1S/C7H7BrO.C2H6/c8-5-6-3-1-2-4-7(6)9;1-2/h1-4,9H,5H2;1-2H3. The topological polar surface area (TPSA) is 20.2 Å². The van der Waals surface area contributed by atoms with Gasteiger partial charge >= 0.3 is 0 Å². The molecule has 0 spiro atoms. The average Bonchev–Trinajstić information content (AvgIpc) is 2.09. The molecule has 0 amide bonds. The van der Waals surface area contributed by atoms with E-state index in [4.69, 9.17) is 5.11 Å². The first kappa shape index (κ1) is 10.5. The summed E-state index contributed by atoms with van der Waals surface area (Å²) in [5.41, 5.74) is 0.928. The van der Waals surface area contributed by atoms with Crippen LogP contribution in [0.15, 0.2) is 24.3 Å². The fourth-order valence-electron chi connectivity index (χ4n) is 0.624. The first-order chi connectivity index (χ1) is 5.34. The van der Waals surface area contributed by atoms with Crippen LogP contribution < -0.4 is 0 Å². The molecule has 0 heterocycles. The van der Waals surface area contributed by atoms with Crippen molar-refractivity contribution in [2.24, 2.45) is 0 Å². The summed E-state index contributed by atoms with van der Waals surface area (Å²) in [6.45, 7) is 4.00. The highest BCUT2D eigenvalue weighted by atomic mass is 79.9. The summed E-state index contributed by atoms with van der Waals surface area (Å²) in [4.78, 5) is 0. The summed E-state index contributed by atoms with van der Waals surface area (Å²) >= 11 is 3.25. The predicted octanol–water partition coefficient (Wildman–Crippen LogP) is 3.31. The van der Waals surface area contributed by atoms with Crippen LogP contribution in [0.4, 0.5) is 0 Å². The van der Waals surface area contributed by atoms with Crippen molar-refractivity contribution in [2.45, 2.75) is 19.2 Å². The first-order valence-corrected chi connectivity index (χ1v) is 4.79. The van der Waals surface area contributed by atoms with E-state index >= 15 is 0 Å². The Morgan fingerprint density at radius 2 is 1.82 bits per heavy atom. The van der Waals surface area contributed by atoms with E-state index in [0.717, 1.165) is 5.56 Å². The molecule has 2 heteroatoms. The molecule has 0 unspecified atom stereocenters. The van der Waals surface area contributed by atoms with Crippen molar-refractivity contribution < 1.29 is 5.11 Å². The van der Waals surface area contributed by atoms with Gasteiger partial charge in [-0.1, -0.05) is 48.0 Å². The fraction of sp³-hybridized carbons (Fsp3) is 0.333. The quantitative estimate of drug-likeness (QED) is 0.715. The zero-order valence-electron chi connectivity index (χ0n) is 6.84. The zero-order valence-corrected chi connectivity index (χ0v) is 8.43. The smallest absolute Gasteiger partial charge is 0.119 e. The van der Waals surface area contributed by atoms with E-state index in [2.05, 4.69) is 15.9 Å². The highest BCUT2D eigenvalue weighted by Gasteiger charge is 1.93. The molecule has 0 aromatic heterocycles. The van der Waals surface area contributed by atoms with Crippen LogP contribution in [0, 0.1) is 0 Å². The number of aromatic hydroxyl groups is 1. The molecule has 0 aliphatic rings. The Labute approximate surface area is 76.2 Å². The molecule has 1 aromatic carbocycles. The molecule has 0 saturated heterocycles. The normalized spacial score (nSPS) is 8.27. The number of rotatable bonds is 1. The number of alkyl halides is 1. The number of phenolic OH excluding ortho intramolecular Hbond substituents is 1. The van der Waals surface area contributed by atoms with Crippen LogP contribution in [0.1, 0.15) is 19.4 Å². The van der Waals surface area contributed by atoms with Crippen molar-refractivity contribution >= 4 is 15.9 Å². The Balaban J connectivity index is 0.000000461. The summed E-state index contributed by atoms with van der Waals surface area (Å²) < 4.78 is 0. The second-order valence-electron chi connectivity index (χ2n) is 1.76. The van der Waals surface area contributed by atoms with Gasteiger partial charge in [0.15, 0.2) is 0 Å². The molecule has 0 fully saturated rings. The fourth-order valence-corrected chi connectivity index (χ4v) is 1.10. The van der Waals surface area contributed by atoms with Crippen LogP contribution >= 0.6 is 15.9 Å². The molecule has 1 aromatic rings. The monoisotopic (exact) mass is 216 g/mol. The maximum Gasteiger partial charge on any atom is 0.119 e. The Hall–Kier alpha value is -0.500. The highest BCUT2D eigenvalue weighted by Crippen LogP contribution is 2.17. The maximum atomic E-state index is 9.08. The van der Waals surface area contributed by atoms with E-state index in [1.54, 1.807) is 6.07 Å². The highest BCUT2D eigenvalue weighted by molar-refractivity contribution is 9.08. The van der Waals surface area contributed by atoms with Crippen molar-refractivity contribution in [1.29, 1.82) is 0 Å². The van der Waals surface area contributed by atoms with Crippen molar-refractivity contribution in [1.82, 2.24) is 0 Å². The Bertz CT molecular complexity index is 199. The molecule has 1 rings (SSSR count). The number of hydrogen-bond acceptors (Lipinski definition) is 1. The number of hydrogen-bond donors (Lipinski definition) is 1. The third-order valence-corrected chi connectivity index (χ3v) is 1.74. The lowest BCUT2D eigenvalue weighted by Gasteiger charge is -1.96. The largest absolute Gasteiger partial charge is 0.508 e. The van der Waals surface area contributed by atoms with E-state index < -0.39 is 0 Å². The second-order valence-corrected chi connectivity index (χ2v) is 2.32. The summed E-state index contributed by atoms with van der Waals surface area (Å²) in [7, 11) is 0. The Morgan fingerprint density at radius 1 is 1.27 bits per heavy atom. The average molecular weight is 217 g/mol. The van der Waals surface area contributed by atoms with Gasteiger partial charge in [0.25, 0.3) is 0 Å². The van der Waals surface area contributed by atoms with Gasteiger partial charge in [-0.05, 0) is 6.07 Å². The van der Waals surface area contributed by atoms with Crippen molar-refractivity contribution in [3.05, 3.63) is 29.8 Å². The predicted molar refractivity (Wildman–Crippen MR) is 52.1 cm³/mol. The van der Waals surface area contributed by atoms with Crippen LogP contribution in [0.5, 0.6) is 5.75 Å². The molecule has 0 bridgehead atoms. The molecular formula is C9H13BrO. The van der Waals surface area contributed by atoms with Gasteiger partial charge in [0.1, 0.15) is 5.75 Å². The molecule has 1 N–H and O–H groups in total. The van der Waals surface area contributed by atoms with E-state index in [0.29, 0.717) is 11.1 Å². The lowest BCUT2D eigenvalue weighted by molar-refractivity contribution is 0.471. The minimum Gasteiger partial charge on any atom is -0.508 e. The Kier molecular flexibility index (Phi) is 5.94. The molecule has 0 aliphatic heterocycles. The minimum absolute atomic E-state index is 0.356. The lowest BCUT2D eigenvalue weighted by atomic mass is 10.2. The first-order valence-electron chi connectivity index (χ1n) is 3.67. The second kappa shape index (κ2) is 6.23. The van der Waals surface area contributed by atoms with Gasteiger partial charge in [-0.15, -0.1) is 0 Å². The minimum atomic E-state index is 0.356. The molecule has 0 atom stereocenters. The van der Waals surface area contributed by atoms with Gasteiger partial charge in [0.05, 0.1) is 0 Å². The van der Waals surface area contributed by atoms with Gasteiger partial charge in [0.2, 0.25) is 0 Å². The summed E-state index contributed by atoms with van der Waals surface area (Å²) in [5.74, 6) is 0.356. The van der Waals surface area contributed by atoms with Gasteiger partial charge in [-0.2, -0.15) is 0 Å². The SMILES string of the molecule is CC.Oc1ccccc1CBr. The van der Waals surface area contributed by atoms with Crippen LogP contribution in [-0.4, -0.2) is 5.11 Å². The van der Waals surface area contributed by atoms with Crippen LogP contribution in [0.25, 0.3) is 0 Å². The molecule has 0 saturated carbocycles. The summed E-state index contributed by atoms with van der Waals surface area (Å²) in [6.07, 6.45) is 0. The maximum absolute atomic E-state index is 9.08. The van der Waals surface area contributed by atoms with Crippen LogP contribution in [-0.2, 0) is 5.33 Å². The molecule has 0 aliphatic carbocycles. The van der Waals surface area contributed by atoms with Gasteiger partial charge in [-0.25, -0.2) is 0 Å². The number of benzene rings is 1. The van der Waals surface area contributed by atoms with Crippen molar-refractivity contribution in [3.63, 3.8) is 0 Å². The lowest BCUT2D eigenvalue weighted by Crippen LogP contribution is -1.75. The number of phenols is 1. The van der Waals surface area contributed by atoms with Crippen LogP contribution in [0.2, 0.25) is 0 Å². The summed E-state index contributed by atoms with van der Waals surface area (Å²) in [5, 5.41) is 9.79. The molecular weight excluding hydrogens is 204 g/mol. The molecule has 0 radical (unpaired) electrons. The van der Waals surface area contributed by atoms with E-state index in [9.17, 15) is 0 Å². The zero-order chi connectivity index (χ0) is 8.69. The van der Waals surface area contributed by atoms with Crippen molar-refractivity contribution in [2.75, 3.05) is 0 Å². The molecule has 11 heavy (non-hydrogen) atoms. The third kappa shape index (κ3) is 3.42. The van der Waals surface area contributed by atoms with Gasteiger partial charge < -0.3 is 5.11 Å². The summed E-state index contributed by atoms with van der Waals surface area (Å²) in [6, 6.07) is 7.26. The van der Waals surface area contributed by atoms with Crippen LogP contribution in [0.3, 0.4) is 0 Å². The van der Waals surface area contributed by atoms with Gasteiger partial charge in [-0.3, -0.25) is 0 Å². The van der Waals surface area contributed by atoms with E-state index in [1.807, 2.05) is 32.0 Å². The van der Waals surface area contributed by atoms with E-state index in [1.165, 1.54) is 0 Å².